The standard InChI is InChI=1S/C38H47N3O2/c1-37(2)29-17-9-11-19-31(29)40(5)33(37)24-22-27-15-14-16-28(36(27)39-26-13-7-8-21-35(42)43)23-25-34-38(3,4)30-18-10-12-20-32(30)41(34)6/h9-12,17-20,22-25H,7-8,13-16,21,26H2,1-6H3,(H,42,43)/p+1/b27-22+,33-24?. The maximum absolute atomic E-state index is 11.0. The lowest BCUT2D eigenvalue weighted by atomic mass is 9.81. The summed E-state index contributed by atoms with van der Waals surface area (Å²) in [5.41, 5.74) is 11.7. The zero-order chi connectivity index (χ0) is 30.8. The fourth-order valence-corrected chi connectivity index (χ4v) is 7.24. The van der Waals surface area contributed by atoms with Gasteiger partial charge in [0.05, 0.1) is 5.41 Å². The van der Waals surface area contributed by atoms with Gasteiger partial charge >= 0.3 is 5.97 Å². The Labute approximate surface area is 258 Å². The van der Waals surface area contributed by atoms with Crippen molar-refractivity contribution in [2.45, 2.75) is 83.5 Å². The molecule has 5 rings (SSSR count). The Hall–Kier alpha value is -3.86. The van der Waals surface area contributed by atoms with Crippen LogP contribution in [0.2, 0.25) is 0 Å². The number of benzene rings is 2. The number of carboxylic acid groups (broad SMARTS) is 1. The third kappa shape index (κ3) is 6.00. The van der Waals surface area contributed by atoms with Crippen molar-refractivity contribution in [2.24, 2.45) is 0 Å². The van der Waals surface area contributed by atoms with E-state index in [1.807, 2.05) is 0 Å². The minimum atomic E-state index is -0.713. The molecule has 226 valence electrons. The number of fused-ring (bicyclic) bond motifs is 2. The molecular weight excluding hydrogens is 530 g/mol. The fraction of sp³-hybridized carbons (Fsp3) is 0.421. The van der Waals surface area contributed by atoms with Crippen LogP contribution in [0.3, 0.4) is 0 Å². The number of likely N-dealkylation sites (N-methyl/N-ethyl adjacent to an activating group) is 1. The van der Waals surface area contributed by atoms with E-state index in [-0.39, 0.29) is 17.3 Å². The van der Waals surface area contributed by atoms with E-state index >= 15 is 0 Å². The lowest BCUT2D eigenvalue weighted by Crippen LogP contribution is -2.27. The Morgan fingerprint density at radius 1 is 0.930 bits per heavy atom. The maximum atomic E-state index is 11.0. The highest BCUT2D eigenvalue weighted by molar-refractivity contribution is 6.03. The second-order valence-corrected chi connectivity index (χ2v) is 13.2. The molecule has 2 aliphatic heterocycles. The number of anilines is 1. The van der Waals surface area contributed by atoms with Crippen molar-refractivity contribution < 1.29 is 14.5 Å². The minimum absolute atomic E-state index is 0.0640. The summed E-state index contributed by atoms with van der Waals surface area (Å²) in [4.78, 5) is 13.3. The summed E-state index contributed by atoms with van der Waals surface area (Å²) in [5, 5.41) is 12.8. The SMILES string of the molecule is CN1C(=C/C=C2\CCCC(C=CC3=[N+](C)c4ccccc4C3(C)C)=C2NCCCCCC(=O)O)C(C)(C)c2ccccc21. The van der Waals surface area contributed by atoms with Gasteiger partial charge in [-0.25, -0.2) is 0 Å². The van der Waals surface area contributed by atoms with E-state index < -0.39 is 5.97 Å². The third-order valence-corrected chi connectivity index (χ3v) is 9.67. The number of aliphatic carboxylic acids is 1. The van der Waals surface area contributed by atoms with Gasteiger partial charge in [-0.3, -0.25) is 4.79 Å². The molecule has 2 N–H and O–H groups in total. The number of nitrogens with one attached hydrogen (secondary N) is 1. The number of carbonyl (C=O) groups is 1. The lowest BCUT2D eigenvalue weighted by molar-refractivity contribution is -0.401. The van der Waals surface area contributed by atoms with Gasteiger partial charge in [0, 0.05) is 60.2 Å². The molecule has 0 radical (unpaired) electrons. The van der Waals surface area contributed by atoms with Gasteiger partial charge in [0.2, 0.25) is 5.69 Å². The van der Waals surface area contributed by atoms with E-state index in [4.69, 9.17) is 5.11 Å². The monoisotopic (exact) mass is 578 g/mol. The molecule has 2 heterocycles. The predicted molar refractivity (Wildman–Crippen MR) is 178 cm³/mol. The molecule has 5 nitrogen and oxygen atoms in total. The number of para-hydroxylation sites is 2. The zero-order valence-electron chi connectivity index (χ0n) is 26.8. The summed E-state index contributed by atoms with van der Waals surface area (Å²) < 4.78 is 2.33. The Balaban J connectivity index is 1.46. The summed E-state index contributed by atoms with van der Waals surface area (Å²) in [6.45, 7) is 10.1. The van der Waals surface area contributed by atoms with Crippen LogP contribution in [0.1, 0.15) is 83.8 Å². The van der Waals surface area contributed by atoms with Crippen molar-refractivity contribution in [2.75, 3.05) is 25.5 Å². The van der Waals surface area contributed by atoms with Crippen LogP contribution in [-0.4, -0.2) is 42.0 Å². The van der Waals surface area contributed by atoms with Crippen LogP contribution < -0.4 is 10.2 Å². The van der Waals surface area contributed by atoms with E-state index in [1.165, 1.54) is 50.8 Å². The molecule has 0 amide bonds. The van der Waals surface area contributed by atoms with Crippen molar-refractivity contribution in [3.8, 4) is 0 Å². The van der Waals surface area contributed by atoms with Crippen molar-refractivity contribution in [1.82, 2.24) is 5.32 Å². The van der Waals surface area contributed by atoms with Crippen LogP contribution in [0.4, 0.5) is 11.4 Å². The molecule has 0 spiro atoms. The topological polar surface area (TPSA) is 55.6 Å². The average molecular weight is 579 g/mol. The molecule has 0 saturated carbocycles. The summed E-state index contributed by atoms with van der Waals surface area (Å²) in [6, 6.07) is 17.4. The van der Waals surface area contributed by atoms with Gasteiger partial charge in [-0.1, -0.05) is 68.8 Å². The summed E-state index contributed by atoms with van der Waals surface area (Å²) in [6.07, 6.45) is 15.4. The second kappa shape index (κ2) is 12.4. The predicted octanol–water partition coefficient (Wildman–Crippen LogP) is 8.16. The van der Waals surface area contributed by atoms with Crippen LogP contribution in [0.25, 0.3) is 0 Å². The molecule has 0 saturated heterocycles. The fourth-order valence-electron chi connectivity index (χ4n) is 7.24. The molecule has 2 aromatic carbocycles. The Bertz CT molecular complexity index is 1550. The van der Waals surface area contributed by atoms with Gasteiger partial charge in [0.1, 0.15) is 7.05 Å². The molecule has 0 atom stereocenters. The highest BCUT2D eigenvalue weighted by atomic mass is 16.4. The largest absolute Gasteiger partial charge is 0.481 e. The summed E-state index contributed by atoms with van der Waals surface area (Å²) in [5.74, 6) is -0.713. The van der Waals surface area contributed by atoms with E-state index in [0.29, 0.717) is 0 Å². The number of carboxylic acids is 1. The zero-order valence-corrected chi connectivity index (χ0v) is 26.8. The van der Waals surface area contributed by atoms with Crippen LogP contribution in [-0.2, 0) is 15.6 Å². The van der Waals surface area contributed by atoms with Crippen LogP contribution in [0.15, 0.2) is 95.4 Å². The number of unbranched alkanes of at least 4 members (excludes halogenated alkanes) is 2. The molecule has 1 aliphatic carbocycles. The molecule has 0 aromatic heterocycles. The molecule has 0 unspecified atom stereocenters. The van der Waals surface area contributed by atoms with Crippen molar-refractivity contribution in [3.63, 3.8) is 0 Å². The number of allylic oxidation sites excluding steroid dienone is 7. The van der Waals surface area contributed by atoms with Crippen molar-refractivity contribution in [1.29, 1.82) is 0 Å². The van der Waals surface area contributed by atoms with Crippen LogP contribution >= 0.6 is 0 Å². The first kappa shape index (κ1) is 30.6. The third-order valence-electron chi connectivity index (χ3n) is 9.67. The van der Waals surface area contributed by atoms with Crippen molar-refractivity contribution >= 4 is 23.1 Å². The maximum Gasteiger partial charge on any atom is 0.303 e. The van der Waals surface area contributed by atoms with E-state index in [9.17, 15) is 4.79 Å². The first-order chi connectivity index (χ1) is 20.5. The van der Waals surface area contributed by atoms with Crippen molar-refractivity contribution in [3.05, 3.63) is 107 Å². The van der Waals surface area contributed by atoms with Gasteiger partial charge in [0.15, 0.2) is 5.71 Å². The molecule has 0 fully saturated rings. The molecule has 5 heteroatoms. The van der Waals surface area contributed by atoms with Gasteiger partial charge in [-0.15, -0.1) is 0 Å². The highest BCUT2D eigenvalue weighted by Crippen LogP contribution is 2.47. The van der Waals surface area contributed by atoms with Gasteiger partial charge in [-0.05, 0) is 74.8 Å². The van der Waals surface area contributed by atoms with Crippen LogP contribution in [0.5, 0.6) is 0 Å². The summed E-state index contributed by atoms with van der Waals surface area (Å²) >= 11 is 0. The van der Waals surface area contributed by atoms with Gasteiger partial charge in [-0.2, -0.15) is 4.58 Å². The van der Waals surface area contributed by atoms with E-state index in [2.05, 4.69) is 129 Å². The van der Waals surface area contributed by atoms with E-state index in [1.54, 1.807) is 0 Å². The average Bonchev–Trinajstić information content (AvgIpc) is 3.30. The number of nitrogens with zero attached hydrogens (tertiary/aromatic N) is 2. The molecule has 43 heavy (non-hydrogen) atoms. The first-order valence-corrected chi connectivity index (χ1v) is 15.9. The summed E-state index contributed by atoms with van der Waals surface area (Å²) in [7, 11) is 4.35. The Morgan fingerprint density at radius 3 is 2.37 bits per heavy atom. The van der Waals surface area contributed by atoms with E-state index in [0.717, 1.165) is 45.1 Å². The number of rotatable bonds is 10. The quantitative estimate of drug-likeness (QED) is 0.221. The van der Waals surface area contributed by atoms with Crippen LogP contribution in [0, 0.1) is 0 Å². The molecular formula is C38H48N3O2+. The lowest BCUT2D eigenvalue weighted by Gasteiger charge is -2.25. The normalized spacial score (nSPS) is 20.8. The molecule has 2 aromatic rings. The first-order valence-electron chi connectivity index (χ1n) is 15.9. The second-order valence-electron chi connectivity index (χ2n) is 13.2. The minimum Gasteiger partial charge on any atom is -0.481 e. The Morgan fingerprint density at radius 2 is 1.65 bits per heavy atom. The smallest absolute Gasteiger partial charge is 0.303 e. The highest BCUT2D eigenvalue weighted by Gasteiger charge is 2.42. The Kier molecular flexibility index (Phi) is 8.82. The van der Waals surface area contributed by atoms with Gasteiger partial charge in [0.25, 0.3) is 0 Å². The number of hydrogen-bond donors (Lipinski definition) is 2. The molecule has 0 bridgehead atoms. The molecule has 3 aliphatic rings. The number of hydrogen-bond acceptors (Lipinski definition) is 3. The van der Waals surface area contributed by atoms with Gasteiger partial charge < -0.3 is 15.3 Å².